The lowest BCUT2D eigenvalue weighted by Gasteiger charge is -2.26. The fourth-order valence-corrected chi connectivity index (χ4v) is 2.92. The number of hydrogen-bond acceptors (Lipinski definition) is 1. The minimum Gasteiger partial charge on any atom is -0.345 e. The van der Waals surface area contributed by atoms with Gasteiger partial charge in [0.25, 0.3) is 5.91 Å². The van der Waals surface area contributed by atoms with Crippen molar-refractivity contribution in [3.8, 4) is 0 Å². The summed E-state index contributed by atoms with van der Waals surface area (Å²) in [7, 11) is 0. The van der Waals surface area contributed by atoms with Crippen LogP contribution in [0.1, 0.15) is 22.8 Å². The second-order valence-electron chi connectivity index (χ2n) is 4.22. The van der Waals surface area contributed by atoms with Crippen LogP contribution in [0.25, 0.3) is 0 Å². The minimum absolute atomic E-state index is 0.0676. The van der Waals surface area contributed by atoms with Crippen molar-refractivity contribution >= 4 is 53.7 Å². The van der Waals surface area contributed by atoms with Crippen LogP contribution < -0.4 is 5.32 Å². The molecule has 1 amide bonds. The first-order valence-corrected chi connectivity index (χ1v) is 8.16. The van der Waals surface area contributed by atoms with Gasteiger partial charge in [-0.25, -0.2) is 0 Å². The average molecular weight is 428 g/mol. The molecule has 0 spiro atoms. The first-order valence-electron chi connectivity index (χ1n) is 5.13. The van der Waals surface area contributed by atoms with E-state index in [0.29, 0.717) is 16.2 Å². The number of amides is 1. The zero-order chi connectivity index (χ0) is 13.1. The van der Waals surface area contributed by atoms with Gasteiger partial charge in [0.1, 0.15) is 0 Å². The van der Waals surface area contributed by atoms with E-state index in [1.165, 1.54) is 0 Å². The summed E-state index contributed by atoms with van der Waals surface area (Å²) in [5.74, 6) is -0.0676. The van der Waals surface area contributed by atoms with Gasteiger partial charge in [0.15, 0.2) is 0 Å². The predicted molar refractivity (Wildman–Crippen MR) is 82.3 cm³/mol. The van der Waals surface area contributed by atoms with Crippen LogP contribution in [-0.2, 0) is 0 Å². The molecule has 1 aromatic rings. The van der Waals surface area contributed by atoms with Crippen molar-refractivity contribution in [1.29, 1.82) is 0 Å². The molecule has 0 aromatic heterocycles. The van der Waals surface area contributed by atoms with Gasteiger partial charge in [-0.05, 0) is 41.4 Å². The summed E-state index contributed by atoms with van der Waals surface area (Å²) in [6, 6.07) is 5.67. The summed E-state index contributed by atoms with van der Waals surface area (Å²) in [4.78, 5) is 12.2. The van der Waals surface area contributed by atoms with Gasteiger partial charge in [0, 0.05) is 15.1 Å². The zero-order valence-corrected chi connectivity index (χ0v) is 14.4. The number of halogens is 3. The molecule has 0 radical (unpaired) electrons. The summed E-state index contributed by atoms with van der Waals surface area (Å²) in [6.07, 6.45) is 0. The van der Waals surface area contributed by atoms with E-state index in [1.807, 2.05) is 32.0 Å². The molecule has 0 atom stereocenters. The Morgan fingerprint density at radius 3 is 2.47 bits per heavy atom. The Kier molecular flexibility index (Phi) is 5.67. The van der Waals surface area contributed by atoms with Gasteiger partial charge in [0.2, 0.25) is 0 Å². The zero-order valence-electron chi connectivity index (χ0n) is 9.69. The van der Waals surface area contributed by atoms with E-state index in [0.717, 1.165) is 10.0 Å². The highest BCUT2D eigenvalue weighted by atomic mass is 79.9. The molecule has 0 saturated carbocycles. The average Bonchev–Trinajstić information content (AvgIpc) is 2.32. The summed E-state index contributed by atoms with van der Waals surface area (Å²) in [5, 5.41) is 4.40. The number of carbonyl (C=O) groups excluding carboxylic acids is 1. The molecule has 1 aromatic carbocycles. The van der Waals surface area contributed by atoms with Crippen molar-refractivity contribution in [3.05, 3.63) is 33.8 Å². The number of carbonyl (C=O) groups is 1. The maximum atomic E-state index is 12.2. The van der Waals surface area contributed by atoms with Gasteiger partial charge in [0.05, 0.1) is 11.1 Å². The third-order valence-corrected chi connectivity index (χ3v) is 5.97. The van der Waals surface area contributed by atoms with Crippen molar-refractivity contribution in [3.63, 3.8) is 0 Å². The molecule has 0 fully saturated rings. The molecule has 0 unspecified atom stereocenters. The highest BCUT2D eigenvalue weighted by molar-refractivity contribution is 9.10. The summed E-state index contributed by atoms with van der Waals surface area (Å²) < 4.78 is 0.851. The topological polar surface area (TPSA) is 29.1 Å². The maximum absolute atomic E-state index is 12.2. The van der Waals surface area contributed by atoms with Crippen LogP contribution in [0.5, 0.6) is 0 Å². The van der Waals surface area contributed by atoms with Crippen LogP contribution in [0.2, 0.25) is 0 Å². The van der Waals surface area contributed by atoms with E-state index in [9.17, 15) is 4.79 Å². The lowest BCUT2D eigenvalue weighted by Crippen LogP contribution is -2.49. The monoisotopic (exact) mass is 425 g/mol. The number of alkyl halides is 2. The van der Waals surface area contributed by atoms with Crippen LogP contribution in [0.3, 0.4) is 0 Å². The van der Waals surface area contributed by atoms with Crippen molar-refractivity contribution in [2.45, 2.75) is 19.4 Å². The smallest absolute Gasteiger partial charge is 0.252 e. The fraction of sp³-hybridized carbons (Fsp3) is 0.417. The van der Waals surface area contributed by atoms with E-state index in [1.54, 1.807) is 0 Å². The van der Waals surface area contributed by atoms with Gasteiger partial charge in [-0.15, -0.1) is 0 Å². The maximum Gasteiger partial charge on any atom is 0.252 e. The molecule has 94 valence electrons. The number of rotatable bonds is 4. The van der Waals surface area contributed by atoms with Crippen LogP contribution in [0, 0.1) is 6.92 Å². The van der Waals surface area contributed by atoms with Crippen LogP contribution in [0.4, 0.5) is 0 Å². The van der Waals surface area contributed by atoms with Gasteiger partial charge < -0.3 is 5.32 Å². The second-order valence-corrected chi connectivity index (χ2v) is 6.13. The molecular formula is C12H14Br3NO. The molecule has 0 aliphatic carbocycles. The van der Waals surface area contributed by atoms with Crippen molar-refractivity contribution in [1.82, 2.24) is 5.32 Å². The number of aryl methyl sites for hydroxylation is 1. The first kappa shape index (κ1) is 15.2. The number of benzene rings is 1. The molecular weight excluding hydrogens is 414 g/mol. The normalized spacial score (nSPS) is 11.4. The summed E-state index contributed by atoms with van der Waals surface area (Å²) >= 11 is 10.3. The number of hydrogen-bond donors (Lipinski definition) is 1. The first-order chi connectivity index (χ1) is 7.93. The Hall–Kier alpha value is 0.130. The SMILES string of the molecule is Cc1cccc(C(=O)NC(C)(CBr)CBr)c1Br. The van der Waals surface area contributed by atoms with Crippen LogP contribution in [0.15, 0.2) is 22.7 Å². The van der Waals surface area contributed by atoms with E-state index < -0.39 is 0 Å². The van der Waals surface area contributed by atoms with Crippen molar-refractivity contribution in [2.24, 2.45) is 0 Å². The van der Waals surface area contributed by atoms with Gasteiger partial charge in [-0.2, -0.15) is 0 Å². The Morgan fingerprint density at radius 2 is 1.94 bits per heavy atom. The molecule has 5 heteroatoms. The Labute approximate surface area is 127 Å². The predicted octanol–water partition coefficient (Wildman–Crippen LogP) is 4.04. The third kappa shape index (κ3) is 3.80. The molecule has 0 aliphatic rings. The van der Waals surface area contributed by atoms with Crippen molar-refractivity contribution in [2.75, 3.05) is 10.7 Å². The van der Waals surface area contributed by atoms with Gasteiger partial charge >= 0.3 is 0 Å². The second kappa shape index (κ2) is 6.34. The fourth-order valence-electron chi connectivity index (χ4n) is 1.27. The Balaban J connectivity index is 2.94. The Bertz CT molecular complexity index is 416. The molecule has 0 aliphatic heterocycles. The van der Waals surface area contributed by atoms with Crippen molar-refractivity contribution < 1.29 is 4.79 Å². The molecule has 0 saturated heterocycles. The van der Waals surface area contributed by atoms with E-state index >= 15 is 0 Å². The largest absolute Gasteiger partial charge is 0.345 e. The molecule has 2 nitrogen and oxygen atoms in total. The van der Waals surface area contributed by atoms with E-state index in [-0.39, 0.29) is 11.4 Å². The molecule has 1 rings (SSSR count). The summed E-state index contributed by atoms with van der Waals surface area (Å²) in [5.41, 5.74) is 1.43. The van der Waals surface area contributed by atoms with E-state index in [2.05, 4.69) is 53.1 Å². The van der Waals surface area contributed by atoms with Gasteiger partial charge in [-0.1, -0.05) is 44.0 Å². The molecule has 0 bridgehead atoms. The summed E-state index contributed by atoms with van der Waals surface area (Å²) in [6.45, 7) is 3.95. The standard InChI is InChI=1S/C12H14Br3NO/c1-8-4-3-5-9(10(8)15)11(17)16-12(2,6-13)7-14/h3-5H,6-7H2,1-2H3,(H,16,17). The molecule has 17 heavy (non-hydrogen) atoms. The minimum atomic E-state index is -0.291. The van der Waals surface area contributed by atoms with E-state index in [4.69, 9.17) is 0 Å². The lowest BCUT2D eigenvalue weighted by molar-refractivity contribution is 0.0922. The molecule has 0 heterocycles. The number of nitrogens with one attached hydrogen (secondary N) is 1. The van der Waals surface area contributed by atoms with Crippen LogP contribution in [-0.4, -0.2) is 22.1 Å². The van der Waals surface area contributed by atoms with Crippen LogP contribution >= 0.6 is 47.8 Å². The highest BCUT2D eigenvalue weighted by Gasteiger charge is 2.25. The Morgan fingerprint density at radius 1 is 1.35 bits per heavy atom. The van der Waals surface area contributed by atoms with Gasteiger partial charge in [-0.3, -0.25) is 4.79 Å². The third-order valence-electron chi connectivity index (χ3n) is 2.44. The molecule has 1 N–H and O–H groups in total. The quantitative estimate of drug-likeness (QED) is 0.722. The lowest BCUT2D eigenvalue weighted by atomic mass is 10.1. The highest BCUT2D eigenvalue weighted by Crippen LogP contribution is 2.22.